The summed E-state index contributed by atoms with van der Waals surface area (Å²) < 4.78 is 40.1. The lowest BCUT2D eigenvalue weighted by Gasteiger charge is -2.11. The van der Waals surface area contributed by atoms with Crippen molar-refractivity contribution in [1.82, 2.24) is 0 Å². The quantitative estimate of drug-likeness (QED) is 0.892. The average molecular weight is 344 g/mol. The number of carboxylic acids is 1. The van der Waals surface area contributed by atoms with Crippen molar-refractivity contribution in [3.63, 3.8) is 0 Å². The van der Waals surface area contributed by atoms with Gasteiger partial charge in [-0.3, -0.25) is 4.72 Å². The fraction of sp³-hybridized carbons (Fsp3) is 0.0714. The van der Waals surface area contributed by atoms with Gasteiger partial charge in [0.15, 0.2) is 0 Å². The predicted octanol–water partition coefficient (Wildman–Crippen LogP) is 3.29. The Hall–Kier alpha value is -2.12. The van der Waals surface area contributed by atoms with Crippen molar-refractivity contribution in [3.05, 3.63) is 58.4 Å². The summed E-state index contributed by atoms with van der Waals surface area (Å²) in [6.45, 7) is 1.58. The van der Waals surface area contributed by atoms with Gasteiger partial charge in [-0.25, -0.2) is 17.6 Å². The number of carbonyl (C=O) groups is 1. The molecule has 116 valence electrons. The zero-order valence-corrected chi connectivity index (χ0v) is 12.9. The van der Waals surface area contributed by atoms with Gasteiger partial charge in [-0.15, -0.1) is 0 Å². The highest BCUT2D eigenvalue weighted by molar-refractivity contribution is 7.92. The van der Waals surface area contributed by atoms with Crippen LogP contribution >= 0.6 is 11.6 Å². The van der Waals surface area contributed by atoms with Gasteiger partial charge in [-0.05, 0) is 48.9 Å². The fourth-order valence-electron chi connectivity index (χ4n) is 1.88. The molecule has 0 atom stereocenters. The number of carboxylic acid groups (broad SMARTS) is 1. The molecule has 2 aromatic carbocycles. The second-order valence-electron chi connectivity index (χ2n) is 4.52. The van der Waals surface area contributed by atoms with E-state index in [0.29, 0.717) is 10.6 Å². The molecule has 0 aliphatic carbocycles. The van der Waals surface area contributed by atoms with Crippen LogP contribution in [0.25, 0.3) is 0 Å². The first-order valence-corrected chi connectivity index (χ1v) is 7.88. The molecule has 0 spiro atoms. The van der Waals surface area contributed by atoms with E-state index in [9.17, 15) is 17.6 Å². The maximum Gasteiger partial charge on any atom is 0.338 e. The van der Waals surface area contributed by atoms with Crippen LogP contribution in [0.1, 0.15) is 15.9 Å². The number of benzene rings is 2. The van der Waals surface area contributed by atoms with Crippen molar-refractivity contribution < 1.29 is 22.7 Å². The maximum atomic E-state index is 13.3. The molecule has 0 fully saturated rings. The Morgan fingerprint density at radius 3 is 2.50 bits per heavy atom. The lowest BCUT2D eigenvalue weighted by molar-refractivity contribution is 0.0692. The SMILES string of the molecule is Cc1cc(Cl)ccc1S(=O)(=O)Nc1ccc(F)c(C(=O)O)c1. The van der Waals surface area contributed by atoms with Crippen LogP contribution in [0.2, 0.25) is 5.02 Å². The minimum Gasteiger partial charge on any atom is -0.478 e. The summed E-state index contributed by atoms with van der Waals surface area (Å²) in [4.78, 5) is 10.9. The minimum atomic E-state index is -3.94. The summed E-state index contributed by atoms with van der Waals surface area (Å²) >= 11 is 5.78. The largest absolute Gasteiger partial charge is 0.478 e. The van der Waals surface area contributed by atoms with E-state index in [4.69, 9.17) is 16.7 Å². The number of rotatable bonds is 4. The van der Waals surface area contributed by atoms with E-state index in [-0.39, 0.29) is 10.6 Å². The molecule has 0 aliphatic heterocycles. The topological polar surface area (TPSA) is 83.5 Å². The summed E-state index contributed by atoms with van der Waals surface area (Å²) in [5, 5.41) is 9.24. The Morgan fingerprint density at radius 2 is 1.91 bits per heavy atom. The van der Waals surface area contributed by atoms with Crippen LogP contribution in [0.4, 0.5) is 10.1 Å². The van der Waals surface area contributed by atoms with Gasteiger partial charge in [0.2, 0.25) is 0 Å². The van der Waals surface area contributed by atoms with Gasteiger partial charge in [-0.1, -0.05) is 11.6 Å². The normalized spacial score (nSPS) is 11.2. The third-order valence-corrected chi connectivity index (χ3v) is 4.65. The molecule has 0 radical (unpaired) electrons. The van der Waals surface area contributed by atoms with E-state index in [1.54, 1.807) is 6.92 Å². The van der Waals surface area contributed by atoms with Gasteiger partial charge >= 0.3 is 5.97 Å². The molecule has 2 N–H and O–H groups in total. The number of nitrogens with one attached hydrogen (secondary N) is 1. The molecular formula is C14H11ClFNO4S. The second kappa shape index (κ2) is 5.94. The van der Waals surface area contributed by atoms with Crippen molar-refractivity contribution in [2.45, 2.75) is 11.8 Å². The number of aryl methyl sites for hydroxylation is 1. The van der Waals surface area contributed by atoms with Crippen molar-refractivity contribution in [2.75, 3.05) is 4.72 Å². The van der Waals surface area contributed by atoms with Gasteiger partial charge in [0.25, 0.3) is 10.0 Å². The van der Waals surface area contributed by atoms with Gasteiger partial charge < -0.3 is 5.11 Å². The number of aromatic carboxylic acids is 1. The predicted molar refractivity (Wildman–Crippen MR) is 80.4 cm³/mol. The third-order valence-electron chi connectivity index (χ3n) is 2.88. The molecule has 0 saturated heterocycles. The Morgan fingerprint density at radius 1 is 1.23 bits per heavy atom. The summed E-state index contributed by atoms with van der Waals surface area (Å²) in [5.74, 6) is -2.43. The lowest BCUT2D eigenvalue weighted by Crippen LogP contribution is -2.15. The van der Waals surface area contributed by atoms with Gasteiger partial charge in [-0.2, -0.15) is 0 Å². The van der Waals surface area contributed by atoms with E-state index in [0.717, 1.165) is 18.2 Å². The molecule has 0 aliphatic rings. The van der Waals surface area contributed by atoms with Crippen LogP contribution in [-0.4, -0.2) is 19.5 Å². The van der Waals surface area contributed by atoms with Crippen molar-refractivity contribution in [3.8, 4) is 0 Å². The van der Waals surface area contributed by atoms with Crippen LogP contribution in [0.3, 0.4) is 0 Å². The number of hydrogen-bond acceptors (Lipinski definition) is 3. The van der Waals surface area contributed by atoms with E-state index >= 15 is 0 Å². The molecule has 0 heterocycles. The standard InChI is InChI=1S/C14H11ClFNO4S/c1-8-6-9(15)2-5-13(8)22(20,21)17-10-3-4-12(16)11(7-10)14(18)19/h2-7,17H,1H3,(H,18,19). The first-order valence-electron chi connectivity index (χ1n) is 6.02. The Balaban J connectivity index is 2.41. The van der Waals surface area contributed by atoms with E-state index in [1.807, 2.05) is 0 Å². The second-order valence-corrected chi connectivity index (χ2v) is 6.60. The highest BCUT2D eigenvalue weighted by Gasteiger charge is 2.19. The molecule has 2 aromatic rings. The molecule has 8 heteroatoms. The summed E-state index contributed by atoms with van der Waals surface area (Å²) in [7, 11) is -3.94. The van der Waals surface area contributed by atoms with Gasteiger partial charge in [0.1, 0.15) is 5.82 Å². The maximum absolute atomic E-state index is 13.3. The average Bonchev–Trinajstić information content (AvgIpc) is 2.39. The highest BCUT2D eigenvalue weighted by Crippen LogP contribution is 2.23. The number of hydrogen-bond donors (Lipinski definition) is 2. The molecule has 22 heavy (non-hydrogen) atoms. The monoisotopic (exact) mass is 343 g/mol. The molecular weight excluding hydrogens is 333 g/mol. The van der Waals surface area contributed by atoms with Crippen molar-refractivity contribution >= 4 is 33.3 Å². The molecule has 0 unspecified atom stereocenters. The van der Waals surface area contributed by atoms with E-state index in [2.05, 4.69) is 4.72 Å². The summed E-state index contributed by atoms with van der Waals surface area (Å²) in [5.41, 5.74) is -0.234. The van der Waals surface area contributed by atoms with Crippen LogP contribution in [0.15, 0.2) is 41.3 Å². The van der Waals surface area contributed by atoms with E-state index < -0.39 is 27.4 Å². The van der Waals surface area contributed by atoms with Crippen molar-refractivity contribution in [2.24, 2.45) is 0 Å². The Bertz CT molecular complexity index is 852. The molecule has 0 aromatic heterocycles. The minimum absolute atomic E-state index is 0.00176. The molecule has 0 saturated carbocycles. The van der Waals surface area contributed by atoms with Gasteiger partial charge in [0.05, 0.1) is 10.5 Å². The van der Waals surface area contributed by atoms with E-state index in [1.165, 1.54) is 18.2 Å². The highest BCUT2D eigenvalue weighted by atomic mass is 35.5. The first kappa shape index (κ1) is 16.3. The van der Waals surface area contributed by atoms with Gasteiger partial charge in [0, 0.05) is 10.7 Å². The number of sulfonamides is 1. The molecule has 5 nitrogen and oxygen atoms in total. The van der Waals surface area contributed by atoms with Crippen molar-refractivity contribution in [1.29, 1.82) is 0 Å². The molecule has 2 rings (SSSR count). The summed E-state index contributed by atoms with van der Waals surface area (Å²) in [6.07, 6.45) is 0. The van der Waals surface area contributed by atoms with Crippen LogP contribution < -0.4 is 4.72 Å². The van der Waals surface area contributed by atoms with Crippen LogP contribution in [0, 0.1) is 12.7 Å². The molecule has 0 amide bonds. The Kier molecular flexibility index (Phi) is 4.39. The third kappa shape index (κ3) is 3.37. The van der Waals surface area contributed by atoms with Crippen LogP contribution in [-0.2, 0) is 10.0 Å². The number of anilines is 1. The zero-order valence-electron chi connectivity index (χ0n) is 11.3. The Labute approximate surface area is 131 Å². The lowest BCUT2D eigenvalue weighted by atomic mass is 10.2. The zero-order chi connectivity index (χ0) is 16.5. The summed E-state index contributed by atoms with van der Waals surface area (Å²) in [6, 6.07) is 7.20. The fourth-order valence-corrected chi connectivity index (χ4v) is 3.38. The first-order chi connectivity index (χ1) is 10.2. The number of halogens is 2. The molecule has 0 bridgehead atoms. The smallest absolute Gasteiger partial charge is 0.338 e. The van der Waals surface area contributed by atoms with Crippen LogP contribution in [0.5, 0.6) is 0 Å².